The number of hydrogen-bond donors (Lipinski definition) is 0. The number of rotatable bonds is 7. The standard InChI is InChI=1S/C24H30N2O5S2/c1-31-21-9-11-22(12-10-21)33(29,30)24-19-32(27,28)18-23(24)26-16-14-25(15-17-26)13-5-8-20-6-3-2-4-7-20/h2-12,23-24H,13-19H2,1H3/t23-,24-/m0/s1. The summed E-state index contributed by atoms with van der Waals surface area (Å²) >= 11 is 0. The molecule has 2 aliphatic rings. The van der Waals surface area contributed by atoms with E-state index in [0.29, 0.717) is 18.8 Å². The van der Waals surface area contributed by atoms with Gasteiger partial charge < -0.3 is 4.74 Å². The van der Waals surface area contributed by atoms with Crippen LogP contribution in [0.3, 0.4) is 0 Å². The van der Waals surface area contributed by atoms with Crippen LogP contribution in [0.5, 0.6) is 5.75 Å². The topological polar surface area (TPSA) is 84.0 Å². The lowest BCUT2D eigenvalue weighted by Gasteiger charge is -2.39. The Morgan fingerprint density at radius 3 is 2.27 bits per heavy atom. The van der Waals surface area contributed by atoms with E-state index in [0.717, 1.165) is 25.2 Å². The fourth-order valence-corrected chi connectivity index (χ4v) is 9.38. The van der Waals surface area contributed by atoms with Gasteiger partial charge >= 0.3 is 0 Å². The highest BCUT2D eigenvalue weighted by Crippen LogP contribution is 2.30. The van der Waals surface area contributed by atoms with Crippen molar-refractivity contribution in [2.45, 2.75) is 16.2 Å². The normalized spacial score (nSPS) is 24.3. The van der Waals surface area contributed by atoms with Gasteiger partial charge in [0.1, 0.15) is 5.75 Å². The smallest absolute Gasteiger partial charge is 0.183 e. The summed E-state index contributed by atoms with van der Waals surface area (Å²) in [5.41, 5.74) is 1.15. The Hall–Kier alpha value is -2.20. The zero-order chi connectivity index (χ0) is 23.5. The van der Waals surface area contributed by atoms with Crippen molar-refractivity contribution in [2.24, 2.45) is 0 Å². The van der Waals surface area contributed by atoms with E-state index in [1.165, 1.54) is 19.2 Å². The second-order valence-electron chi connectivity index (χ2n) is 8.55. The van der Waals surface area contributed by atoms with E-state index in [1.54, 1.807) is 12.1 Å². The maximum absolute atomic E-state index is 13.4. The molecule has 2 aliphatic heterocycles. The Labute approximate surface area is 196 Å². The highest BCUT2D eigenvalue weighted by molar-refractivity contribution is 7.96. The Kier molecular flexibility index (Phi) is 7.23. The van der Waals surface area contributed by atoms with Crippen molar-refractivity contribution in [2.75, 3.05) is 51.3 Å². The van der Waals surface area contributed by atoms with Gasteiger partial charge in [-0.25, -0.2) is 16.8 Å². The van der Waals surface area contributed by atoms with Gasteiger partial charge in [0.2, 0.25) is 0 Å². The molecule has 33 heavy (non-hydrogen) atoms. The van der Waals surface area contributed by atoms with E-state index < -0.39 is 31.0 Å². The molecule has 4 rings (SSSR count). The third-order valence-electron chi connectivity index (χ3n) is 6.41. The van der Waals surface area contributed by atoms with Crippen molar-refractivity contribution in [1.29, 1.82) is 0 Å². The molecule has 0 saturated carbocycles. The quantitative estimate of drug-likeness (QED) is 0.587. The lowest BCUT2D eigenvalue weighted by Crippen LogP contribution is -2.54. The van der Waals surface area contributed by atoms with Gasteiger partial charge in [-0.05, 0) is 29.8 Å². The molecule has 2 saturated heterocycles. The number of piperazine rings is 1. The average molecular weight is 491 g/mol. The van der Waals surface area contributed by atoms with Crippen LogP contribution >= 0.6 is 0 Å². The van der Waals surface area contributed by atoms with E-state index in [1.807, 2.05) is 23.1 Å². The molecule has 0 aromatic heterocycles. The second kappa shape index (κ2) is 9.97. The van der Waals surface area contributed by atoms with E-state index in [-0.39, 0.29) is 16.4 Å². The molecule has 178 valence electrons. The highest BCUT2D eigenvalue weighted by atomic mass is 32.2. The van der Waals surface area contributed by atoms with Crippen LogP contribution in [0.15, 0.2) is 65.6 Å². The fraction of sp³-hybridized carbons (Fsp3) is 0.417. The molecule has 2 aromatic rings. The molecule has 0 unspecified atom stereocenters. The van der Waals surface area contributed by atoms with E-state index in [4.69, 9.17) is 4.74 Å². The van der Waals surface area contributed by atoms with Crippen LogP contribution in [0.25, 0.3) is 6.08 Å². The van der Waals surface area contributed by atoms with Gasteiger partial charge in [-0.1, -0.05) is 42.5 Å². The maximum Gasteiger partial charge on any atom is 0.183 e. The number of benzene rings is 2. The van der Waals surface area contributed by atoms with Crippen LogP contribution in [0, 0.1) is 0 Å². The van der Waals surface area contributed by atoms with Gasteiger partial charge in [-0.3, -0.25) is 9.80 Å². The second-order valence-corrected chi connectivity index (χ2v) is 12.9. The Balaban J connectivity index is 1.42. The number of nitrogens with zero attached hydrogens (tertiary/aromatic N) is 2. The van der Waals surface area contributed by atoms with Gasteiger partial charge in [0.25, 0.3) is 0 Å². The summed E-state index contributed by atoms with van der Waals surface area (Å²) < 4.78 is 56.8. The zero-order valence-electron chi connectivity index (χ0n) is 18.7. The van der Waals surface area contributed by atoms with Crippen LogP contribution < -0.4 is 4.74 Å². The zero-order valence-corrected chi connectivity index (χ0v) is 20.3. The number of sulfone groups is 2. The van der Waals surface area contributed by atoms with Gasteiger partial charge in [0.15, 0.2) is 19.7 Å². The molecular weight excluding hydrogens is 460 g/mol. The molecule has 2 fully saturated rings. The van der Waals surface area contributed by atoms with E-state index >= 15 is 0 Å². The van der Waals surface area contributed by atoms with Gasteiger partial charge in [0, 0.05) is 38.8 Å². The average Bonchev–Trinajstić information content (AvgIpc) is 3.16. The van der Waals surface area contributed by atoms with Crippen molar-refractivity contribution in [3.05, 3.63) is 66.2 Å². The molecule has 2 aromatic carbocycles. The summed E-state index contributed by atoms with van der Waals surface area (Å²) in [6, 6.07) is 15.7. The molecule has 7 nitrogen and oxygen atoms in total. The first kappa shape index (κ1) is 23.9. The van der Waals surface area contributed by atoms with Crippen molar-refractivity contribution >= 4 is 25.8 Å². The molecule has 0 aliphatic carbocycles. The summed E-state index contributed by atoms with van der Waals surface area (Å²) in [6.07, 6.45) is 4.22. The number of ether oxygens (including phenoxy) is 1. The third-order valence-corrected chi connectivity index (χ3v) is 10.5. The molecule has 0 spiro atoms. The molecule has 0 N–H and O–H groups in total. The molecule has 0 radical (unpaired) electrons. The minimum atomic E-state index is -3.79. The Morgan fingerprint density at radius 1 is 0.970 bits per heavy atom. The molecular formula is C24H30N2O5S2. The third kappa shape index (κ3) is 5.66. The Morgan fingerprint density at radius 2 is 1.64 bits per heavy atom. The van der Waals surface area contributed by atoms with Crippen LogP contribution in [0.4, 0.5) is 0 Å². The summed E-state index contributed by atoms with van der Waals surface area (Å²) in [6.45, 7) is 3.64. The monoisotopic (exact) mass is 490 g/mol. The molecule has 2 heterocycles. The number of hydrogen-bond acceptors (Lipinski definition) is 7. The molecule has 0 amide bonds. The molecule has 9 heteroatoms. The minimum Gasteiger partial charge on any atom is -0.497 e. The largest absolute Gasteiger partial charge is 0.497 e. The van der Waals surface area contributed by atoms with Gasteiger partial charge in [-0.2, -0.15) is 0 Å². The van der Waals surface area contributed by atoms with E-state index in [9.17, 15) is 16.8 Å². The minimum absolute atomic E-state index is 0.110. The summed E-state index contributed by atoms with van der Waals surface area (Å²) in [4.78, 5) is 4.49. The fourth-order valence-electron chi connectivity index (χ4n) is 4.55. The van der Waals surface area contributed by atoms with Crippen molar-refractivity contribution in [3.8, 4) is 5.75 Å². The molecule has 2 atom stereocenters. The van der Waals surface area contributed by atoms with Crippen LogP contribution in [0.2, 0.25) is 0 Å². The van der Waals surface area contributed by atoms with Crippen LogP contribution in [0.1, 0.15) is 5.56 Å². The van der Waals surface area contributed by atoms with Crippen molar-refractivity contribution < 1.29 is 21.6 Å². The Bertz CT molecular complexity index is 1170. The predicted molar refractivity (Wildman–Crippen MR) is 130 cm³/mol. The number of methoxy groups -OCH3 is 1. The summed E-state index contributed by atoms with van der Waals surface area (Å²) in [7, 11) is -5.71. The van der Waals surface area contributed by atoms with Crippen LogP contribution in [-0.2, 0) is 19.7 Å². The predicted octanol–water partition coefficient (Wildman–Crippen LogP) is 1.97. The maximum atomic E-state index is 13.4. The van der Waals surface area contributed by atoms with Crippen molar-refractivity contribution in [3.63, 3.8) is 0 Å². The first-order chi connectivity index (χ1) is 15.8. The SMILES string of the molecule is COc1ccc(S(=O)(=O)[C@H]2CS(=O)(=O)C[C@@H]2N2CCN(CC=Cc3ccccc3)CC2)cc1. The summed E-state index contributed by atoms with van der Waals surface area (Å²) in [5, 5.41) is -0.958. The van der Waals surface area contributed by atoms with E-state index in [2.05, 4.69) is 29.2 Å². The highest BCUT2D eigenvalue weighted by Gasteiger charge is 2.48. The lowest BCUT2D eigenvalue weighted by atomic mass is 10.1. The lowest BCUT2D eigenvalue weighted by molar-refractivity contribution is 0.113. The first-order valence-corrected chi connectivity index (χ1v) is 14.4. The van der Waals surface area contributed by atoms with Crippen molar-refractivity contribution in [1.82, 2.24) is 9.80 Å². The molecule has 0 bridgehead atoms. The summed E-state index contributed by atoms with van der Waals surface area (Å²) in [5.74, 6) is 0.120. The van der Waals surface area contributed by atoms with Gasteiger partial charge in [-0.15, -0.1) is 0 Å². The first-order valence-electron chi connectivity index (χ1n) is 11.0. The van der Waals surface area contributed by atoms with Crippen LogP contribution in [-0.4, -0.2) is 89.3 Å². The van der Waals surface area contributed by atoms with Gasteiger partial charge in [0.05, 0.1) is 28.8 Å².